The normalized spacial score (nSPS) is 20.1. The lowest BCUT2D eigenvalue weighted by molar-refractivity contribution is -0.133. The van der Waals surface area contributed by atoms with E-state index in [1.807, 2.05) is 69.2 Å². The van der Waals surface area contributed by atoms with E-state index < -0.39 is 0 Å². The average Bonchev–Trinajstić information content (AvgIpc) is 3.37. The van der Waals surface area contributed by atoms with Gasteiger partial charge in [-0.25, -0.2) is 0 Å². The maximum Gasteiger partial charge on any atom is 0.242 e. The number of hydrogen-bond donors (Lipinski definition) is 0. The molecular formula is C33H37N5O2. The zero-order valence-corrected chi connectivity index (χ0v) is 23.2. The highest BCUT2D eigenvalue weighted by Crippen LogP contribution is 2.31. The van der Waals surface area contributed by atoms with Crippen molar-refractivity contribution in [3.8, 4) is 0 Å². The number of piperidine rings is 1. The number of hydrogen-bond acceptors (Lipinski definition) is 4. The van der Waals surface area contributed by atoms with Crippen LogP contribution in [0.5, 0.6) is 0 Å². The Labute approximate surface area is 236 Å². The molecule has 2 bridgehead atoms. The molecule has 2 unspecified atom stereocenters. The Morgan fingerprint density at radius 3 is 2.55 bits per heavy atom. The van der Waals surface area contributed by atoms with Gasteiger partial charge in [0.25, 0.3) is 0 Å². The van der Waals surface area contributed by atoms with Gasteiger partial charge in [0.15, 0.2) is 0 Å². The predicted molar refractivity (Wildman–Crippen MR) is 158 cm³/mol. The molecule has 0 aliphatic carbocycles. The van der Waals surface area contributed by atoms with Crippen LogP contribution in [0.4, 0.5) is 5.69 Å². The van der Waals surface area contributed by atoms with Crippen LogP contribution in [-0.2, 0) is 29.2 Å². The van der Waals surface area contributed by atoms with Crippen molar-refractivity contribution in [2.24, 2.45) is 0 Å². The largest absolute Gasteiger partial charge is 0.338 e. The van der Waals surface area contributed by atoms with E-state index in [0.29, 0.717) is 25.7 Å². The summed E-state index contributed by atoms with van der Waals surface area (Å²) in [5.41, 5.74) is 4.02. The van der Waals surface area contributed by atoms with Crippen LogP contribution >= 0.6 is 0 Å². The summed E-state index contributed by atoms with van der Waals surface area (Å²) in [6, 6.07) is 24.9. The lowest BCUT2D eigenvalue weighted by Gasteiger charge is -2.44. The number of aromatic nitrogens is 2. The third-order valence-electron chi connectivity index (χ3n) is 8.56. The van der Waals surface area contributed by atoms with Gasteiger partial charge in [-0.05, 0) is 60.5 Å². The highest BCUT2D eigenvalue weighted by molar-refractivity contribution is 5.92. The molecule has 1 fully saturated rings. The zero-order chi connectivity index (χ0) is 27.5. The number of carbonyl (C=O) groups is 2. The molecule has 2 aromatic carbocycles. The fourth-order valence-electron chi connectivity index (χ4n) is 6.53. The number of anilines is 1. The number of rotatable bonds is 4. The number of fused-ring (bicyclic) bond motifs is 4. The maximum atomic E-state index is 14.1. The SMILES string of the molecule is CC(=O)N1CCC2CCCC(CN(C(=O)Cn3ccc4ccccc43)Cc3ccccc31)N2Cc1ccccn1. The molecule has 4 heterocycles. The number of nitrogens with zero attached hydrogens (tertiary/aromatic N) is 5. The van der Waals surface area contributed by atoms with E-state index in [1.54, 1.807) is 6.92 Å². The van der Waals surface area contributed by atoms with Gasteiger partial charge in [-0.3, -0.25) is 19.5 Å². The second-order valence-electron chi connectivity index (χ2n) is 11.1. The molecule has 2 aliphatic heterocycles. The molecule has 6 rings (SSSR count). The smallest absolute Gasteiger partial charge is 0.242 e. The highest BCUT2D eigenvalue weighted by atomic mass is 16.2. The summed E-state index contributed by atoms with van der Waals surface area (Å²) in [5.74, 6) is 0.122. The first kappa shape index (κ1) is 26.3. The first-order chi connectivity index (χ1) is 19.6. The second-order valence-corrected chi connectivity index (χ2v) is 11.1. The summed E-state index contributed by atoms with van der Waals surface area (Å²) < 4.78 is 2.05. The number of pyridine rings is 1. The Balaban J connectivity index is 1.37. The summed E-state index contributed by atoms with van der Waals surface area (Å²) in [7, 11) is 0. The van der Waals surface area contributed by atoms with Crippen LogP contribution < -0.4 is 4.90 Å². The van der Waals surface area contributed by atoms with E-state index in [-0.39, 0.29) is 24.4 Å². The third-order valence-corrected chi connectivity index (χ3v) is 8.56. The molecule has 2 aliphatic rings. The van der Waals surface area contributed by atoms with Crippen LogP contribution in [0.2, 0.25) is 0 Å². The standard InChI is InChI=1S/C33H37N5O2/c1-25(39)37-20-17-29-12-8-13-30(38(29)22-28-11-6-7-18-34-28)23-36(21-27-10-3-5-15-32(27)37)33(40)24-35-19-16-26-9-2-4-14-31(26)35/h2-7,9-11,14-16,18-19,29-30H,8,12-13,17,20-24H2,1H3. The van der Waals surface area contributed by atoms with Crippen molar-refractivity contribution in [2.75, 3.05) is 18.0 Å². The Morgan fingerprint density at radius 1 is 0.900 bits per heavy atom. The second kappa shape index (κ2) is 11.6. The fourth-order valence-corrected chi connectivity index (χ4v) is 6.53. The van der Waals surface area contributed by atoms with Crippen molar-refractivity contribution in [3.63, 3.8) is 0 Å². The van der Waals surface area contributed by atoms with Crippen LogP contribution in [0.15, 0.2) is 85.2 Å². The quantitative estimate of drug-likeness (QED) is 0.358. The summed E-state index contributed by atoms with van der Waals surface area (Å²) in [4.78, 5) is 38.2. The van der Waals surface area contributed by atoms with E-state index in [1.165, 1.54) is 0 Å². The molecule has 7 heteroatoms. The first-order valence-corrected chi connectivity index (χ1v) is 14.4. The molecule has 4 aromatic rings. The van der Waals surface area contributed by atoms with Gasteiger partial charge in [0.1, 0.15) is 6.54 Å². The van der Waals surface area contributed by atoms with Crippen molar-refractivity contribution < 1.29 is 9.59 Å². The van der Waals surface area contributed by atoms with E-state index >= 15 is 0 Å². The fraction of sp³-hybridized carbons (Fsp3) is 0.364. The number of carbonyl (C=O) groups excluding carboxylic acids is 2. The molecular weight excluding hydrogens is 498 g/mol. The number of para-hydroxylation sites is 2. The monoisotopic (exact) mass is 535 g/mol. The molecule has 0 radical (unpaired) electrons. The van der Waals surface area contributed by atoms with Crippen LogP contribution in [0.25, 0.3) is 10.9 Å². The van der Waals surface area contributed by atoms with Crippen molar-refractivity contribution in [1.29, 1.82) is 0 Å². The van der Waals surface area contributed by atoms with Gasteiger partial charge in [-0.1, -0.05) is 48.9 Å². The van der Waals surface area contributed by atoms with Crippen molar-refractivity contribution in [1.82, 2.24) is 19.4 Å². The Hall–Kier alpha value is -3.97. The summed E-state index contributed by atoms with van der Waals surface area (Å²) in [5, 5.41) is 1.13. The zero-order valence-electron chi connectivity index (χ0n) is 23.2. The van der Waals surface area contributed by atoms with E-state index in [0.717, 1.165) is 60.1 Å². The van der Waals surface area contributed by atoms with Crippen molar-refractivity contribution >= 4 is 28.4 Å². The summed E-state index contributed by atoms with van der Waals surface area (Å²) >= 11 is 0. The molecule has 7 nitrogen and oxygen atoms in total. The summed E-state index contributed by atoms with van der Waals surface area (Å²) in [6.45, 7) is 4.44. The Bertz CT molecular complexity index is 1480. The lowest BCUT2D eigenvalue weighted by atomic mass is 9.92. The minimum absolute atomic E-state index is 0.0343. The van der Waals surface area contributed by atoms with E-state index in [9.17, 15) is 9.59 Å². The van der Waals surface area contributed by atoms with Gasteiger partial charge < -0.3 is 14.4 Å². The van der Waals surface area contributed by atoms with Crippen molar-refractivity contribution in [3.05, 3.63) is 96.4 Å². The molecule has 206 valence electrons. The molecule has 1 saturated heterocycles. The molecule has 0 saturated carbocycles. The van der Waals surface area contributed by atoms with Crippen LogP contribution in [-0.4, -0.2) is 56.3 Å². The van der Waals surface area contributed by atoms with Crippen LogP contribution in [0, 0.1) is 0 Å². The predicted octanol–water partition coefficient (Wildman–Crippen LogP) is 5.25. The Morgan fingerprint density at radius 2 is 1.70 bits per heavy atom. The third kappa shape index (κ3) is 5.52. The minimum atomic E-state index is 0.0343. The van der Waals surface area contributed by atoms with Crippen LogP contribution in [0.3, 0.4) is 0 Å². The number of benzene rings is 2. The molecule has 0 spiro atoms. The molecule has 0 N–H and O–H groups in total. The number of amides is 2. The maximum absolute atomic E-state index is 14.1. The van der Waals surface area contributed by atoms with E-state index in [4.69, 9.17) is 0 Å². The van der Waals surface area contributed by atoms with Gasteiger partial charge in [-0.15, -0.1) is 0 Å². The molecule has 2 amide bonds. The van der Waals surface area contributed by atoms with Gasteiger partial charge in [0, 0.05) is 68.8 Å². The summed E-state index contributed by atoms with van der Waals surface area (Å²) in [6.07, 6.45) is 7.98. The van der Waals surface area contributed by atoms with Gasteiger partial charge in [0.05, 0.1) is 5.69 Å². The van der Waals surface area contributed by atoms with E-state index in [2.05, 4.69) is 40.2 Å². The lowest BCUT2D eigenvalue weighted by Crippen LogP contribution is -2.52. The van der Waals surface area contributed by atoms with Gasteiger partial charge >= 0.3 is 0 Å². The van der Waals surface area contributed by atoms with Gasteiger partial charge in [-0.2, -0.15) is 0 Å². The molecule has 2 atom stereocenters. The Kier molecular flexibility index (Phi) is 7.64. The first-order valence-electron chi connectivity index (χ1n) is 14.4. The molecule has 2 aromatic heterocycles. The minimum Gasteiger partial charge on any atom is -0.338 e. The van der Waals surface area contributed by atoms with Crippen LogP contribution in [0.1, 0.15) is 43.9 Å². The average molecular weight is 536 g/mol. The van der Waals surface area contributed by atoms with Crippen molar-refractivity contribution in [2.45, 2.75) is 64.3 Å². The molecule has 40 heavy (non-hydrogen) atoms. The topological polar surface area (TPSA) is 61.7 Å². The van der Waals surface area contributed by atoms with Gasteiger partial charge in [0.2, 0.25) is 11.8 Å². The highest BCUT2D eigenvalue weighted by Gasteiger charge is 2.34.